The van der Waals surface area contributed by atoms with E-state index in [0.29, 0.717) is 0 Å². The summed E-state index contributed by atoms with van der Waals surface area (Å²) in [4.78, 5) is 2.36. The van der Waals surface area contributed by atoms with Crippen molar-refractivity contribution in [2.24, 2.45) is 0 Å². The lowest BCUT2D eigenvalue weighted by Crippen LogP contribution is -2.09. The van der Waals surface area contributed by atoms with Gasteiger partial charge in [0.15, 0.2) is 0 Å². The molecule has 0 N–H and O–H groups in total. The monoisotopic (exact) mass is 662 g/mol. The summed E-state index contributed by atoms with van der Waals surface area (Å²) in [7, 11) is 0. The number of rotatable bonds is 6. The third-order valence-corrected chi connectivity index (χ3v) is 10.3. The van der Waals surface area contributed by atoms with E-state index in [9.17, 15) is 0 Å². The van der Waals surface area contributed by atoms with Gasteiger partial charge in [-0.25, -0.2) is 0 Å². The predicted molar refractivity (Wildman–Crippen MR) is 221 cm³/mol. The van der Waals surface area contributed by atoms with Crippen molar-refractivity contribution >= 4 is 60.4 Å². The number of nitrogens with zero attached hydrogens (tertiary/aromatic N) is 2. The zero-order valence-electron chi connectivity index (χ0n) is 28.5. The fourth-order valence-corrected chi connectivity index (χ4v) is 8.02. The van der Waals surface area contributed by atoms with Crippen molar-refractivity contribution in [3.63, 3.8) is 0 Å². The first-order valence-electron chi connectivity index (χ1n) is 17.9. The molecule has 0 atom stereocenters. The summed E-state index contributed by atoms with van der Waals surface area (Å²) < 4.78 is 2.44. The second kappa shape index (κ2) is 12.5. The highest BCUT2D eigenvalue weighted by atomic mass is 15.1. The van der Waals surface area contributed by atoms with Gasteiger partial charge in [0.25, 0.3) is 0 Å². The molecule has 0 aliphatic heterocycles. The maximum Gasteiger partial charge on any atom is 0.0619 e. The molecule has 2 heteroatoms. The quantitative estimate of drug-likeness (QED) is 0.172. The molecule has 1 heterocycles. The highest BCUT2D eigenvalue weighted by Gasteiger charge is 2.19. The van der Waals surface area contributed by atoms with Gasteiger partial charge in [0, 0.05) is 38.9 Å². The Hall–Kier alpha value is -6.90. The van der Waals surface area contributed by atoms with Crippen LogP contribution in [0.25, 0.3) is 71.3 Å². The molecule has 0 bridgehead atoms. The summed E-state index contributed by atoms with van der Waals surface area (Å²) in [6, 6.07) is 74.6. The van der Waals surface area contributed by atoms with Crippen LogP contribution in [-0.2, 0) is 0 Å². The standard InChI is InChI=1S/C50H34N2/c1-3-18-39(19-4-1)51(41-31-28-37(29-32-41)44-25-12-16-35-14-7-9-23-43(35)44)42-22-11-17-38(34-42)45-26-13-27-48-49(45)47-33-30-36-15-8-10-24-46(36)50(47)52(48)40-20-5-2-6-21-40/h1-34H. The second-order valence-electron chi connectivity index (χ2n) is 13.3. The first-order chi connectivity index (χ1) is 25.8. The van der Waals surface area contributed by atoms with Crippen molar-refractivity contribution in [3.05, 3.63) is 206 Å². The zero-order valence-corrected chi connectivity index (χ0v) is 28.5. The summed E-state index contributed by atoms with van der Waals surface area (Å²) in [5.41, 5.74) is 11.8. The summed E-state index contributed by atoms with van der Waals surface area (Å²) in [5.74, 6) is 0. The summed E-state index contributed by atoms with van der Waals surface area (Å²) in [6.07, 6.45) is 0. The van der Waals surface area contributed by atoms with Crippen LogP contribution in [0.3, 0.4) is 0 Å². The smallest absolute Gasteiger partial charge is 0.0619 e. The first-order valence-corrected chi connectivity index (χ1v) is 17.9. The van der Waals surface area contributed by atoms with E-state index in [4.69, 9.17) is 0 Å². The number of anilines is 3. The van der Waals surface area contributed by atoms with E-state index in [-0.39, 0.29) is 0 Å². The number of hydrogen-bond donors (Lipinski definition) is 0. The van der Waals surface area contributed by atoms with Crippen LogP contribution >= 0.6 is 0 Å². The fraction of sp³-hybridized carbons (Fsp3) is 0. The van der Waals surface area contributed by atoms with Gasteiger partial charge in [-0.1, -0.05) is 152 Å². The average Bonchev–Trinajstić information content (AvgIpc) is 3.57. The molecular formula is C50H34N2. The van der Waals surface area contributed by atoms with Crippen LogP contribution in [0.1, 0.15) is 0 Å². The normalized spacial score (nSPS) is 11.5. The van der Waals surface area contributed by atoms with Crippen LogP contribution in [0.4, 0.5) is 17.1 Å². The zero-order chi connectivity index (χ0) is 34.4. The van der Waals surface area contributed by atoms with Crippen molar-refractivity contribution < 1.29 is 0 Å². The topological polar surface area (TPSA) is 8.17 Å². The molecule has 0 saturated carbocycles. The molecule has 0 aliphatic rings. The minimum absolute atomic E-state index is 1.11. The predicted octanol–water partition coefficient (Wildman–Crippen LogP) is 13.9. The van der Waals surface area contributed by atoms with E-state index in [1.54, 1.807) is 0 Å². The Balaban J connectivity index is 1.14. The molecule has 0 spiro atoms. The molecule has 2 nitrogen and oxygen atoms in total. The Morgan fingerprint density at radius 3 is 1.75 bits per heavy atom. The van der Waals surface area contributed by atoms with Gasteiger partial charge in [0.2, 0.25) is 0 Å². The lowest BCUT2D eigenvalue weighted by atomic mass is 9.97. The van der Waals surface area contributed by atoms with Crippen LogP contribution in [0.2, 0.25) is 0 Å². The number of fused-ring (bicyclic) bond motifs is 6. The average molecular weight is 663 g/mol. The van der Waals surface area contributed by atoms with Gasteiger partial charge in [-0.15, -0.1) is 0 Å². The van der Waals surface area contributed by atoms with Crippen molar-refractivity contribution in [2.75, 3.05) is 4.90 Å². The van der Waals surface area contributed by atoms with Crippen molar-refractivity contribution in [3.8, 4) is 27.9 Å². The number of para-hydroxylation sites is 2. The van der Waals surface area contributed by atoms with Gasteiger partial charge in [-0.05, 0) is 93.0 Å². The van der Waals surface area contributed by atoms with Gasteiger partial charge in [-0.2, -0.15) is 0 Å². The van der Waals surface area contributed by atoms with Gasteiger partial charge in [0.05, 0.1) is 11.0 Å². The summed E-state index contributed by atoms with van der Waals surface area (Å²) >= 11 is 0. The van der Waals surface area contributed by atoms with Gasteiger partial charge >= 0.3 is 0 Å². The molecule has 10 rings (SSSR count). The van der Waals surface area contributed by atoms with E-state index in [1.165, 1.54) is 65.6 Å². The van der Waals surface area contributed by atoms with Crippen molar-refractivity contribution in [1.29, 1.82) is 0 Å². The first kappa shape index (κ1) is 30.0. The van der Waals surface area contributed by atoms with Gasteiger partial charge < -0.3 is 9.47 Å². The van der Waals surface area contributed by atoms with Crippen LogP contribution in [0.15, 0.2) is 206 Å². The maximum atomic E-state index is 2.44. The lowest BCUT2D eigenvalue weighted by molar-refractivity contribution is 1.19. The minimum atomic E-state index is 1.11. The largest absolute Gasteiger partial charge is 0.310 e. The van der Waals surface area contributed by atoms with E-state index in [2.05, 4.69) is 216 Å². The second-order valence-corrected chi connectivity index (χ2v) is 13.3. The van der Waals surface area contributed by atoms with E-state index < -0.39 is 0 Å². The molecular weight excluding hydrogens is 629 g/mol. The summed E-state index contributed by atoms with van der Waals surface area (Å²) in [5, 5.41) is 7.52. The fourth-order valence-electron chi connectivity index (χ4n) is 8.02. The Kier molecular flexibility index (Phi) is 7.18. The van der Waals surface area contributed by atoms with Crippen LogP contribution in [-0.4, -0.2) is 4.57 Å². The van der Waals surface area contributed by atoms with E-state index in [0.717, 1.165) is 22.7 Å². The van der Waals surface area contributed by atoms with Crippen LogP contribution in [0, 0.1) is 0 Å². The molecule has 0 saturated heterocycles. The summed E-state index contributed by atoms with van der Waals surface area (Å²) in [6.45, 7) is 0. The van der Waals surface area contributed by atoms with Crippen LogP contribution in [0.5, 0.6) is 0 Å². The van der Waals surface area contributed by atoms with Gasteiger partial charge in [0.1, 0.15) is 0 Å². The molecule has 10 aromatic rings. The number of benzene rings is 9. The van der Waals surface area contributed by atoms with E-state index in [1.807, 2.05) is 0 Å². The Bertz CT molecular complexity index is 2880. The molecule has 0 amide bonds. The highest BCUT2D eigenvalue weighted by Crippen LogP contribution is 2.43. The number of hydrogen-bond acceptors (Lipinski definition) is 1. The third-order valence-electron chi connectivity index (χ3n) is 10.3. The third kappa shape index (κ3) is 4.96. The molecule has 52 heavy (non-hydrogen) atoms. The van der Waals surface area contributed by atoms with Crippen molar-refractivity contribution in [1.82, 2.24) is 4.57 Å². The highest BCUT2D eigenvalue weighted by molar-refractivity contribution is 6.22. The molecule has 9 aromatic carbocycles. The van der Waals surface area contributed by atoms with E-state index >= 15 is 0 Å². The lowest BCUT2D eigenvalue weighted by Gasteiger charge is -2.26. The molecule has 1 aromatic heterocycles. The number of aromatic nitrogens is 1. The van der Waals surface area contributed by atoms with Gasteiger partial charge in [-0.3, -0.25) is 0 Å². The van der Waals surface area contributed by atoms with Crippen LogP contribution < -0.4 is 4.90 Å². The Labute approximate surface area is 303 Å². The Morgan fingerprint density at radius 2 is 0.942 bits per heavy atom. The molecule has 0 fully saturated rings. The minimum Gasteiger partial charge on any atom is -0.310 e. The van der Waals surface area contributed by atoms with Crippen molar-refractivity contribution in [2.45, 2.75) is 0 Å². The maximum absolute atomic E-state index is 2.44. The molecule has 0 unspecified atom stereocenters. The SMILES string of the molecule is c1ccc(N(c2ccc(-c3cccc4ccccc34)cc2)c2cccc(-c3cccc4c3c3ccc5ccccc5c3n4-c3ccccc3)c2)cc1. The Morgan fingerprint density at radius 1 is 0.346 bits per heavy atom. The molecule has 244 valence electrons. The molecule has 0 aliphatic carbocycles. The molecule has 0 radical (unpaired) electrons.